The summed E-state index contributed by atoms with van der Waals surface area (Å²) in [7, 11) is 0. The minimum absolute atomic E-state index is 0.716. The topological polar surface area (TPSA) is 43.8 Å². The van der Waals surface area contributed by atoms with Crippen molar-refractivity contribution in [1.29, 1.82) is 0 Å². The summed E-state index contributed by atoms with van der Waals surface area (Å²) in [5.41, 5.74) is 8.18. The van der Waals surface area contributed by atoms with Gasteiger partial charge in [0, 0.05) is 12.1 Å². The Morgan fingerprint density at radius 1 is 1.27 bits per heavy atom. The van der Waals surface area contributed by atoms with Gasteiger partial charge in [-0.1, -0.05) is 29.8 Å². The molecule has 1 heterocycles. The lowest BCUT2D eigenvalue weighted by Gasteiger charge is -2.06. The normalized spacial score (nSPS) is 10.5. The summed E-state index contributed by atoms with van der Waals surface area (Å²) < 4.78 is 2.00. The number of aryl methyl sites for hydroxylation is 1. The summed E-state index contributed by atoms with van der Waals surface area (Å²) in [4.78, 5) is 4.32. The van der Waals surface area contributed by atoms with E-state index < -0.39 is 0 Å². The van der Waals surface area contributed by atoms with Gasteiger partial charge in [-0.3, -0.25) is 0 Å². The van der Waals surface area contributed by atoms with Gasteiger partial charge in [0.05, 0.1) is 6.20 Å². The molecule has 0 aliphatic rings. The highest BCUT2D eigenvalue weighted by Crippen LogP contribution is 2.20. The number of nitrogen functional groups attached to an aromatic ring is 1. The second-order valence-corrected chi connectivity index (χ2v) is 3.62. The molecule has 78 valence electrons. The highest BCUT2D eigenvalue weighted by atomic mass is 15.1. The Morgan fingerprint density at radius 2 is 1.93 bits per heavy atom. The molecule has 2 rings (SSSR count). The molecule has 0 saturated heterocycles. The Labute approximate surface area is 89.6 Å². The minimum Gasteiger partial charge on any atom is -0.384 e. The van der Waals surface area contributed by atoms with Gasteiger partial charge in [0.25, 0.3) is 0 Å². The molecule has 0 amide bonds. The van der Waals surface area contributed by atoms with Crippen LogP contribution in [-0.2, 0) is 6.54 Å². The van der Waals surface area contributed by atoms with Crippen LogP contribution < -0.4 is 5.73 Å². The molecule has 0 aliphatic heterocycles. The zero-order valence-electron chi connectivity index (χ0n) is 9.07. The van der Waals surface area contributed by atoms with Crippen LogP contribution in [0.2, 0.25) is 0 Å². The van der Waals surface area contributed by atoms with Gasteiger partial charge in [-0.05, 0) is 13.8 Å². The van der Waals surface area contributed by atoms with E-state index in [4.69, 9.17) is 5.73 Å². The molecule has 2 N–H and O–H groups in total. The zero-order valence-corrected chi connectivity index (χ0v) is 9.07. The Hall–Kier alpha value is -1.77. The number of aromatic nitrogens is 2. The lowest BCUT2D eigenvalue weighted by Crippen LogP contribution is -2.02. The summed E-state index contributed by atoms with van der Waals surface area (Å²) >= 11 is 0. The maximum Gasteiger partial charge on any atom is 0.141 e. The number of rotatable bonds is 2. The average molecular weight is 201 g/mol. The second-order valence-electron chi connectivity index (χ2n) is 3.62. The molecule has 0 fully saturated rings. The van der Waals surface area contributed by atoms with Gasteiger partial charge in [0.1, 0.15) is 11.6 Å². The third kappa shape index (κ3) is 1.73. The summed E-state index contributed by atoms with van der Waals surface area (Å²) in [5.74, 6) is 1.66. The maximum atomic E-state index is 5.82. The first-order chi connectivity index (χ1) is 7.22. The smallest absolute Gasteiger partial charge is 0.141 e. The van der Waals surface area contributed by atoms with E-state index in [1.165, 1.54) is 5.56 Å². The third-order valence-corrected chi connectivity index (χ3v) is 2.51. The highest BCUT2D eigenvalue weighted by Gasteiger charge is 2.07. The molecule has 1 aromatic carbocycles. The van der Waals surface area contributed by atoms with Crippen LogP contribution in [0, 0.1) is 6.92 Å². The number of nitrogens with two attached hydrogens (primary N) is 1. The summed E-state index contributed by atoms with van der Waals surface area (Å²) in [6.45, 7) is 4.98. The van der Waals surface area contributed by atoms with E-state index >= 15 is 0 Å². The van der Waals surface area contributed by atoms with Crippen LogP contribution in [0.15, 0.2) is 30.5 Å². The van der Waals surface area contributed by atoms with Crippen LogP contribution in [0.1, 0.15) is 12.5 Å². The Morgan fingerprint density at radius 3 is 2.53 bits per heavy atom. The fourth-order valence-electron chi connectivity index (χ4n) is 1.65. The number of hydrogen-bond donors (Lipinski definition) is 1. The van der Waals surface area contributed by atoms with Gasteiger partial charge in [0.2, 0.25) is 0 Å². The number of imidazole rings is 1. The van der Waals surface area contributed by atoms with Crippen molar-refractivity contribution in [3.05, 3.63) is 36.0 Å². The van der Waals surface area contributed by atoms with Crippen molar-refractivity contribution in [1.82, 2.24) is 9.55 Å². The molecular weight excluding hydrogens is 186 g/mol. The van der Waals surface area contributed by atoms with Crippen molar-refractivity contribution in [3.63, 3.8) is 0 Å². The lowest BCUT2D eigenvalue weighted by molar-refractivity contribution is 0.781. The van der Waals surface area contributed by atoms with Crippen LogP contribution in [-0.4, -0.2) is 9.55 Å². The third-order valence-electron chi connectivity index (χ3n) is 2.51. The molecule has 2 aromatic rings. The Bertz CT molecular complexity index is 454. The monoisotopic (exact) mass is 201 g/mol. The quantitative estimate of drug-likeness (QED) is 0.811. The summed E-state index contributed by atoms with van der Waals surface area (Å²) in [5, 5.41) is 0. The predicted octanol–water partition coefficient (Wildman–Crippen LogP) is 2.46. The first kappa shape index (κ1) is 9.77. The summed E-state index contributed by atoms with van der Waals surface area (Å²) in [6.07, 6.45) is 1.71. The van der Waals surface area contributed by atoms with Gasteiger partial charge in [-0.15, -0.1) is 0 Å². The van der Waals surface area contributed by atoms with E-state index in [1.807, 2.05) is 4.57 Å². The van der Waals surface area contributed by atoms with Gasteiger partial charge >= 0.3 is 0 Å². The molecule has 1 aromatic heterocycles. The van der Waals surface area contributed by atoms with Crippen LogP contribution in [0.5, 0.6) is 0 Å². The molecule has 0 bridgehead atoms. The van der Waals surface area contributed by atoms with Crippen LogP contribution >= 0.6 is 0 Å². The SMILES string of the molecule is CCn1c(N)cnc1-c1ccc(C)cc1. The Balaban J connectivity index is 2.49. The van der Waals surface area contributed by atoms with Crippen molar-refractivity contribution < 1.29 is 0 Å². The van der Waals surface area contributed by atoms with Crippen molar-refractivity contribution in [3.8, 4) is 11.4 Å². The second kappa shape index (κ2) is 3.77. The van der Waals surface area contributed by atoms with Crippen molar-refractivity contribution >= 4 is 5.82 Å². The fourth-order valence-corrected chi connectivity index (χ4v) is 1.65. The molecule has 0 saturated carbocycles. The number of nitrogens with zero attached hydrogens (tertiary/aromatic N) is 2. The van der Waals surface area contributed by atoms with Crippen LogP contribution in [0.3, 0.4) is 0 Å². The molecular formula is C12H15N3. The van der Waals surface area contributed by atoms with Crippen molar-refractivity contribution in [2.24, 2.45) is 0 Å². The Kier molecular flexibility index (Phi) is 2.46. The fraction of sp³-hybridized carbons (Fsp3) is 0.250. The first-order valence-electron chi connectivity index (χ1n) is 5.10. The molecule has 3 heteroatoms. The molecule has 15 heavy (non-hydrogen) atoms. The largest absolute Gasteiger partial charge is 0.384 e. The molecule has 0 radical (unpaired) electrons. The zero-order chi connectivity index (χ0) is 10.8. The number of benzene rings is 1. The summed E-state index contributed by atoms with van der Waals surface area (Å²) in [6, 6.07) is 8.31. The van der Waals surface area contributed by atoms with E-state index in [1.54, 1.807) is 6.20 Å². The van der Waals surface area contributed by atoms with E-state index in [9.17, 15) is 0 Å². The average Bonchev–Trinajstić information content (AvgIpc) is 2.61. The van der Waals surface area contributed by atoms with Crippen molar-refractivity contribution in [2.75, 3.05) is 5.73 Å². The number of hydrogen-bond acceptors (Lipinski definition) is 2. The maximum absolute atomic E-state index is 5.82. The van der Waals surface area contributed by atoms with Crippen LogP contribution in [0.25, 0.3) is 11.4 Å². The molecule has 0 aliphatic carbocycles. The highest BCUT2D eigenvalue weighted by molar-refractivity contribution is 5.58. The molecule has 0 atom stereocenters. The van der Waals surface area contributed by atoms with Gasteiger partial charge in [0.15, 0.2) is 0 Å². The van der Waals surface area contributed by atoms with E-state index in [2.05, 4.69) is 43.1 Å². The number of anilines is 1. The van der Waals surface area contributed by atoms with Crippen molar-refractivity contribution in [2.45, 2.75) is 20.4 Å². The van der Waals surface area contributed by atoms with Gasteiger partial charge in [-0.25, -0.2) is 4.98 Å². The minimum atomic E-state index is 0.716. The lowest BCUT2D eigenvalue weighted by atomic mass is 10.1. The van der Waals surface area contributed by atoms with E-state index in [0.29, 0.717) is 5.82 Å². The van der Waals surface area contributed by atoms with E-state index in [0.717, 1.165) is 17.9 Å². The van der Waals surface area contributed by atoms with Crippen LogP contribution in [0.4, 0.5) is 5.82 Å². The van der Waals surface area contributed by atoms with Gasteiger partial charge in [-0.2, -0.15) is 0 Å². The standard InChI is InChI=1S/C12H15N3/c1-3-15-11(13)8-14-12(15)10-6-4-9(2)5-7-10/h4-8H,3,13H2,1-2H3. The van der Waals surface area contributed by atoms with Gasteiger partial charge < -0.3 is 10.3 Å². The van der Waals surface area contributed by atoms with E-state index in [-0.39, 0.29) is 0 Å². The first-order valence-corrected chi connectivity index (χ1v) is 5.10. The molecule has 0 unspecified atom stereocenters. The molecule has 0 spiro atoms. The predicted molar refractivity (Wildman–Crippen MR) is 62.5 cm³/mol. The molecule has 3 nitrogen and oxygen atoms in total.